The fourth-order valence-corrected chi connectivity index (χ4v) is 5.83. The smallest absolute Gasteiger partial charge is 0.137 e. The van der Waals surface area contributed by atoms with Gasteiger partial charge in [-0.15, -0.1) is 0 Å². The zero-order valence-corrected chi connectivity index (χ0v) is 18.4. The molecule has 0 saturated heterocycles. The van der Waals surface area contributed by atoms with Crippen LogP contribution in [-0.4, -0.2) is 35.4 Å². The van der Waals surface area contributed by atoms with Gasteiger partial charge >= 0.3 is 0 Å². The molecule has 0 spiro atoms. The summed E-state index contributed by atoms with van der Waals surface area (Å²) in [6.45, 7) is 3.98. The van der Waals surface area contributed by atoms with Crippen molar-refractivity contribution in [2.75, 3.05) is 0 Å². The van der Waals surface area contributed by atoms with Crippen LogP contribution in [0.1, 0.15) is 31.4 Å². The third kappa shape index (κ3) is 5.80. The molecule has 0 bridgehead atoms. The number of nitrogens with zero attached hydrogens (tertiary/aromatic N) is 4. The monoisotopic (exact) mass is 450 g/mol. The topological polar surface area (TPSA) is 63.8 Å². The molecule has 0 aliphatic carbocycles. The van der Waals surface area contributed by atoms with Gasteiger partial charge in [0.2, 0.25) is 0 Å². The number of aryl methyl sites for hydroxylation is 1. The van der Waals surface area contributed by atoms with Crippen LogP contribution in [0.4, 0.5) is 8.78 Å². The van der Waals surface area contributed by atoms with Gasteiger partial charge in [-0.2, -0.15) is 5.10 Å². The van der Waals surface area contributed by atoms with E-state index in [0.717, 1.165) is 25.0 Å². The molecule has 0 aliphatic heterocycles. The molecule has 160 valence electrons. The molecule has 30 heavy (non-hydrogen) atoms. The van der Waals surface area contributed by atoms with E-state index >= 15 is 0 Å². The lowest BCUT2D eigenvalue weighted by Gasteiger charge is -2.34. The zero-order valence-electron chi connectivity index (χ0n) is 16.8. The molecular formula is C21H24F2N4OS2. The molecule has 1 aromatic carbocycles. The SMILES string of the molecule is C[C@H](CCc1ccncc1)SS[C@H](C)[C@](O)(Cn1cncn1)c1ccc(F)cc1F. The maximum Gasteiger partial charge on any atom is 0.137 e. The minimum Gasteiger partial charge on any atom is -0.382 e. The Morgan fingerprint density at radius 1 is 1.10 bits per heavy atom. The Labute approximate surface area is 182 Å². The molecule has 5 nitrogen and oxygen atoms in total. The molecule has 0 aliphatic rings. The number of hydrogen-bond donors (Lipinski definition) is 1. The zero-order chi connectivity index (χ0) is 21.6. The highest BCUT2D eigenvalue weighted by atomic mass is 33.1. The first-order chi connectivity index (χ1) is 14.4. The van der Waals surface area contributed by atoms with E-state index in [1.165, 1.54) is 39.8 Å². The molecule has 9 heteroatoms. The number of hydrogen-bond acceptors (Lipinski definition) is 6. The van der Waals surface area contributed by atoms with Crippen molar-refractivity contribution < 1.29 is 13.9 Å². The summed E-state index contributed by atoms with van der Waals surface area (Å²) in [4.78, 5) is 7.92. The highest BCUT2D eigenvalue weighted by molar-refractivity contribution is 8.77. The number of pyridine rings is 1. The second-order valence-corrected chi connectivity index (χ2v) is 10.2. The molecule has 0 amide bonds. The van der Waals surface area contributed by atoms with Gasteiger partial charge in [0.05, 0.1) is 6.54 Å². The predicted octanol–water partition coefficient (Wildman–Crippen LogP) is 4.63. The van der Waals surface area contributed by atoms with Gasteiger partial charge in [-0.25, -0.2) is 18.4 Å². The second-order valence-electron chi connectivity index (χ2n) is 7.18. The van der Waals surface area contributed by atoms with Gasteiger partial charge in [-0.3, -0.25) is 4.98 Å². The fraction of sp³-hybridized carbons (Fsp3) is 0.381. The molecule has 3 rings (SSSR count). The van der Waals surface area contributed by atoms with E-state index in [1.54, 1.807) is 23.2 Å². The molecule has 0 saturated carbocycles. The van der Waals surface area contributed by atoms with Crippen LogP contribution in [0.5, 0.6) is 0 Å². The fourth-order valence-electron chi connectivity index (χ4n) is 3.06. The third-order valence-electron chi connectivity index (χ3n) is 4.89. The Balaban J connectivity index is 1.69. The van der Waals surface area contributed by atoms with Crippen LogP contribution in [0.15, 0.2) is 55.4 Å². The van der Waals surface area contributed by atoms with Crippen molar-refractivity contribution in [1.29, 1.82) is 0 Å². The lowest BCUT2D eigenvalue weighted by Crippen LogP contribution is -2.41. The summed E-state index contributed by atoms with van der Waals surface area (Å²) in [5, 5.41) is 15.5. The summed E-state index contributed by atoms with van der Waals surface area (Å²) >= 11 is 0. The van der Waals surface area contributed by atoms with Crippen LogP contribution >= 0.6 is 21.6 Å². The van der Waals surface area contributed by atoms with Gasteiger partial charge in [0.1, 0.15) is 29.9 Å². The van der Waals surface area contributed by atoms with Crippen LogP contribution in [0.3, 0.4) is 0 Å². The molecule has 1 N–H and O–H groups in total. The Kier molecular flexibility index (Phi) is 7.85. The summed E-state index contributed by atoms with van der Waals surface area (Å²) in [7, 11) is 3.13. The van der Waals surface area contributed by atoms with Gasteiger partial charge in [0, 0.05) is 34.5 Å². The largest absolute Gasteiger partial charge is 0.382 e. The van der Waals surface area contributed by atoms with Gasteiger partial charge in [-0.1, -0.05) is 34.6 Å². The number of benzene rings is 1. The van der Waals surface area contributed by atoms with E-state index in [1.807, 2.05) is 19.1 Å². The van der Waals surface area contributed by atoms with Crippen molar-refractivity contribution in [2.24, 2.45) is 0 Å². The van der Waals surface area contributed by atoms with Crippen LogP contribution in [0.2, 0.25) is 0 Å². The van der Waals surface area contributed by atoms with E-state index in [0.29, 0.717) is 5.25 Å². The molecular weight excluding hydrogens is 426 g/mol. The highest BCUT2D eigenvalue weighted by Gasteiger charge is 2.40. The van der Waals surface area contributed by atoms with Gasteiger partial charge in [-0.05, 0) is 43.5 Å². The molecule has 2 heterocycles. The van der Waals surface area contributed by atoms with Crippen LogP contribution in [-0.2, 0) is 18.6 Å². The standard InChI is InChI=1S/C21H24F2N4OS2/c1-15(3-4-17-7-9-24-10-8-17)29-30-16(2)21(28,12-27-14-25-13-26-27)19-6-5-18(22)11-20(19)23/h5-11,13-16,28H,3-4,12H2,1-2H3/t15-,16-,21-/m1/s1. The first kappa shape index (κ1) is 22.7. The van der Waals surface area contributed by atoms with Crippen LogP contribution < -0.4 is 0 Å². The average molecular weight is 451 g/mol. The van der Waals surface area contributed by atoms with Gasteiger partial charge in [0.25, 0.3) is 0 Å². The summed E-state index contributed by atoms with van der Waals surface area (Å²) in [6, 6.07) is 7.26. The molecule has 3 atom stereocenters. The van der Waals surface area contributed by atoms with E-state index < -0.39 is 22.5 Å². The molecule has 0 fully saturated rings. The normalized spacial score (nSPS) is 15.5. The minimum atomic E-state index is -1.59. The van der Waals surface area contributed by atoms with Crippen LogP contribution in [0.25, 0.3) is 0 Å². The van der Waals surface area contributed by atoms with Crippen molar-refractivity contribution in [2.45, 2.75) is 49.3 Å². The Morgan fingerprint density at radius 3 is 2.53 bits per heavy atom. The number of aromatic nitrogens is 4. The van der Waals surface area contributed by atoms with Gasteiger partial charge in [0.15, 0.2) is 0 Å². The number of aliphatic hydroxyl groups is 1. The van der Waals surface area contributed by atoms with Crippen molar-refractivity contribution in [3.8, 4) is 0 Å². The molecule has 3 aromatic rings. The van der Waals surface area contributed by atoms with E-state index in [9.17, 15) is 13.9 Å². The first-order valence-corrected chi connectivity index (χ1v) is 11.9. The quantitative estimate of drug-likeness (QED) is 0.455. The van der Waals surface area contributed by atoms with Crippen molar-refractivity contribution in [3.05, 3.63) is 78.1 Å². The Bertz CT molecular complexity index is 930. The third-order valence-corrected chi connectivity index (χ3v) is 8.43. The Morgan fingerprint density at radius 2 is 1.87 bits per heavy atom. The first-order valence-electron chi connectivity index (χ1n) is 9.60. The number of halogens is 2. The molecule has 0 radical (unpaired) electrons. The second kappa shape index (κ2) is 10.4. The summed E-state index contributed by atoms with van der Waals surface area (Å²) in [5.41, 5.74) is -0.315. The van der Waals surface area contributed by atoms with Gasteiger partial charge < -0.3 is 5.11 Å². The predicted molar refractivity (Wildman–Crippen MR) is 117 cm³/mol. The van der Waals surface area contributed by atoms with Crippen LogP contribution in [0, 0.1) is 11.6 Å². The molecule has 2 aromatic heterocycles. The van der Waals surface area contributed by atoms with E-state index in [-0.39, 0.29) is 12.1 Å². The summed E-state index contributed by atoms with van der Waals surface area (Å²) in [6.07, 6.45) is 8.28. The highest BCUT2D eigenvalue weighted by Crippen LogP contribution is 2.43. The average Bonchev–Trinajstić information content (AvgIpc) is 3.23. The van der Waals surface area contributed by atoms with E-state index in [4.69, 9.17) is 0 Å². The van der Waals surface area contributed by atoms with Crippen molar-refractivity contribution >= 4 is 21.6 Å². The Hall–Kier alpha value is -1.97. The maximum atomic E-state index is 14.6. The van der Waals surface area contributed by atoms with Crippen molar-refractivity contribution in [3.63, 3.8) is 0 Å². The van der Waals surface area contributed by atoms with Crippen molar-refractivity contribution in [1.82, 2.24) is 19.7 Å². The van der Waals surface area contributed by atoms with E-state index in [2.05, 4.69) is 22.0 Å². The molecule has 0 unspecified atom stereocenters. The summed E-state index contributed by atoms with van der Waals surface area (Å²) in [5.74, 6) is -1.46. The lowest BCUT2D eigenvalue weighted by atomic mass is 9.90. The lowest BCUT2D eigenvalue weighted by molar-refractivity contribution is 0.0137. The minimum absolute atomic E-state index is 0.00960. The number of rotatable bonds is 10. The summed E-state index contributed by atoms with van der Waals surface area (Å²) < 4.78 is 29.5. The maximum absolute atomic E-state index is 14.6.